The second-order valence-electron chi connectivity index (χ2n) is 5.99. The molecule has 7 nitrogen and oxygen atoms in total. The fourth-order valence-corrected chi connectivity index (χ4v) is 3.95. The minimum absolute atomic E-state index is 0.0180. The Morgan fingerprint density at radius 1 is 1.44 bits per heavy atom. The number of benzene rings is 1. The lowest BCUT2D eigenvalue weighted by atomic mass is 9.89. The summed E-state index contributed by atoms with van der Waals surface area (Å²) in [4.78, 5) is 27.9. The van der Waals surface area contributed by atoms with Gasteiger partial charge in [0.15, 0.2) is 11.7 Å². The summed E-state index contributed by atoms with van der Waals surface area (Å²) in [5.41, 5.74) is 1.08. The number of ether oxygens (including phenoxy) is 1. The molecule has 0 spiro atoms. The molecule has 0 saturated heterocycles. The van der Waals surface area contributed by atoms with Gasteiger partial charge >= 0.3 is 0 Å². The van der Waals surface area contributed by atoms with Gasteiger partial charge in [0.25, 0.3) is 11.6 Å². The number of hydrogen-bond acceptors (Lipinski definition) is 6. The van der Waals surface area contributed by atoms with Gasteiger partial charge in [0.1, 0.15) is 5.75 Å². The maximum Gasteiger partial charge on any atom is 0.269 e. The Labute approximate surface area is 149 Å². The second kappa shape index (κ2) is 7.60. The summed E-state index contributed by atoms with van der Waals surface area (Å²) < 4.78 is 5.35. The van der Waals surface area contributed by atoms with Crippen LogP contribution in [0.15, 0.2) is 24.3 Å². The highest BCUT2D eigenvalue weighted by molar-refractivity contribution is 7.15. The van der Waals surface area contributed by atoms with E-state index in [2.05, 4.69) is 17.2 Å². The number of non-ortho nitro benzene ring substituents is 1. The summed E-state index contributed by atoms with van der Waals surface area (Å²) in [5.74, 6) is 0.823. The van der Waals surface area contributed by atoms with Gasteiger partial charge in [0.2, 0.25) is 0 Å². The van der Waals surface area contributed by atoms with E-state index in [1.54, 1.807) is 0 Å². The van der Waals surface area contributed by atoms with Crippen molar-refractivity contribution in [3.63, 3.8) is 0 Å². The van der Waals surface area contributed by atoms with E-state index in [9.17, 15) is 14.9 Å². The van der Waals surface area contributed by atoms with Crippen molar-refractivity contribution in [1.82, 2.24) is 4.98 Å². The Morgan fingerprint density at radius 3 is 2.88 bits per heavy atom. The van der Waals surface area contributed by atoms with Crippen molar-refractivity contribution in [3.8, 4) is 5.75 Å². The van der Waals surface area contributed by atoms with Crippen molar-refractivity contribution in [2.24, 2.45) is 5.92 Å². The number of aromatic nitrogens is 1. The third-order valence-corrected chi connectivity index (χ3v) is 5.32. The molecule has 1 aromatic heterocycles. The lowest BCUT2D eigenvalue weighted by Crippen LogP contribution is -2.20. The minimum atomic E-state index is -0.482. The summed E-state index contributed by atoms with van der Waals surface area (Å²) in [6.07, 6.45) is 4.34. The summed E-state index contributed by atoms with van der Waals surface area (Å²) in [7, 11) is 0. The van der Waals surface area contributed by atoms with Gasteiger partial charge in [0.05, 0.1) is 10.6 Å². The topological polar surface area (TPSA) is 94.4 Å². The SMILES string of the molecule is CCC1CCc2nc(NC(=O)COc3ccc([N+](=O)[O-])cc3)sc2C1. The van der Waals surface area contributed by atoms with E-state index in [-0.39, 0.29) is 18.2 Å². The molecule has 3 rings (SSSR count). The molecule has 1 aliphatic rings. The number of anilines is 1. The molecule has 1 aromatic carbocycles. The molecule has 1 heterocycles. The van der Waals surface area contributed by atoms with Crippen LogP contribution in [-0.4, -0.2) is 22.4 Å². The second-order valence-corrected chi connectivity index (χ2v) is 7.08. The highest BCUT2D eigenvalue weighted by Gasteiger charge is 2.22. The van der Waals surface area contributed by atoms with Crippen molar-refractivity contribution in [2.45, 2.75) is 32.6 Å². The van der Waals surface area contributed by atoms with E-state index in [0.717, 1.165) is 25.0 Å². The third-order valence-electron chi connectivity index (χ3n) is 4.28. The number of thiazole rings is 1. The number of amides is 1. The molecule has 1 aliphatic carbocycles. The maximum absolute atomic E-state index is 12.0. The molecular weight excluding hydrogens is 342 g/mol. The van der Waals surface area contributed by atoms with Crippen LogP contribution in [0, 0.1) is 16.0 Å². The third kappa shape index (κ3) is 4.33. The molecule has 2 aromatic rings. The number of carbonyl (C=O) groups excluding carboxylic acids is 1. The fourth-order valence-electron chi connectivity index (χ4n) is 2.81. The standard InChI is InChI=1S/C17H19N3O4S/c1-2-11-3-8-14-15(9-11)25-17(18-14)19-16(21)10-24-13-6-4-12(5-7-13)20(22)23/h4-7,11H,2-3,8-10H2,1H3,(H,18,19,21). The summed E-state index contributed by atoms with van der Waals surface area (Å²) in [5, 5.41) is 14.0. The number of aryl methyl sites for hydroxylation is 1. The molecule has 132 valence electrons. The first-order chi connectivity index (χ1) is 12.0. The fraction of sp³-hybridized carbons (Fsp3) is 0.412. The Balaban J connectivity index is 1.53. The molecule has 1 atom stereocenters. The van der Waals surface area contributed by atoms with Gasteiger partial charge in [-0.25, -0.2) is 4.98 Å². The smallest absolute Gasteiger partial charge is 0.269 e. The van der Waals surface area contributed by atoms with E-state index in [0.29, 0.717) is 16.8 Å². The van der Waals surface area contributed by atoms with Gasteiger partial charge in [-0.1, -0.05) is 13.3 Å². The monoisotopic (exact) mass is 361 g/mol. The van der Waals surface area contributed by atoms with Crippen molar-refractivity contribution in [2.75, 3.05) is 11.9 Å². The van der Waals surface area contributed by atoms with Gasteiger partial charge in [-0.3, -0.25) is 20.2 Å². The predicted molar refractivity (Wildman–Crippen MR) is 95.1 cm³/mol. The highest BCUT2D eigenvalue weighted by atomic mass is 32.1. The van der Waals surface area contributed by atoms with E-state index in [1.165, 1.54) is 46.9 Å². The zero-order valence-corrected chi connectivity index (χ0v) is 14.7. The number of nitro groups is 1. The van der Waals surface area contributed by atoms with E-state index < -0.39 is 4.92 Å². The summed E-state index contributed by atoms with van der Waals surface area (Å²) in [6, 6.07) is 5.62. The Morgan fingerprint density at radius 2 is 2.20 bits per heavy atom. The van der Waals surface area contributed by atoms with Gasteiger partial charge < -0.3 is 4.74 Å². The molecule has 0 aliphatic heterocycles. The number of hydrogen-bond donors (Lipinski definition) is 1. The van der Waals surface area contributed by atoms with Crippen LogP contribution in [0.1, 0.15) is 30.3 Å². The molecule has 1 unspecified atom stereocenters. The van der Waals surface area contributed by atoms with E-state index in [4.69, 9.17) is 4.74 Å². The quantitative estimate of drug-likeness (QED) is 0.627. The number of nitrogens with one attached hydrogen (secondary N) is 1. The molecule has 0 saturated carbocycles. The first kappa shape index (κ1) is 17.3. The zero-order chi connectivity index (χ0) is 17.8. The van der Waals surface area contributed by atoms with E-state index >= 15 is 0 Å². The van der Waals surface area contributed by atoms with Crippen molar-refractivity contribution in [1.29, 1.82) is 0 Å². The van der Waals surface area contributed by atoms with Gasteiger partial charge in [0, 0.05) is 17.0 Å². The normalized spacial score (nSPS) is 16.1. The van der Waals surface area contributed by atoms with Crippen LogP contribution in [0.5, 0.6) is 5.75 Å². The average molecular weight is 361 g/mol. The van der Waals surface area contributed by atoms with Crippen LogP contribution in [0.4, 0.5) is 10.8 Å². The minimum Gasteiger partial charge on any atom is -0.484 e. The Hall–Kier alpha value is -2.48. The van der Waals surface area contributed by atoms with Crippen molar-refractivity contribution < 1.29 is 14.5 Å². The van der Waals surface area contributed by atoms with Crippen LogP contribution < -0.4 is 10.1 Å². The average Bonchev–Trinajstić information content (AvgIpc) is 3.01. The molecular formula is C17H19N3O4S. The van der Waals surface area contributed by atoms with Crippen LogP contribution in [0.25, 0.3) is 0 Å². The molecule has 8 heteroatoms. The summed E-state index contributed by atoms with van der Waals surface area (Å²) in [6.45, 7) is 2.04. The molecule has 1 N–H and O–H groups in total. The summed E-state index contributed by atoms with van der Waals surface area (Å²) >= 11 is 1.54. The lowest BCUT2D eigenvalue weighted by Gasteiger charge is -2.18. The lowest BCUT2D eigenvalue weighted by molar-refractivity contribution is -0.384. The Kier molecular flexibility index (Phi) is 5.28. The highest BCUT2D eigenvalue weighted by Crippen LogP contribution is 2.33. The van der Waals surface area contributed by atoms with Crippen molar-refractivity contribution in [3.05, 3.63) is 45.0 Å². The van der Waals surface area contributed by atoms with Crippen LogP contribution in [-0.2, 0) is 17.6 Å². The Bertz CT molecular complexity index is 773. The molecule has 1 amide bonds. The molecule has 0 radical (unpaired) electrons. The first-order valence-electron chi connectivity index (χ1n) is 8.21. The molecule has 25 heavy (non-hydrogen) atoms. The van der Waals surface area contributed by atoms with Crippen LogP contribution >= 0.6 is 11.3 Å². The number of carbonyl (C=O) groups is 1. The van der Waals surface area contributed by atoms with Gasteiger partial charge in [-0.2, -0.15) is 0 Å². The number of nitrogens with zero attached hydrogens (tertiary/aromatic N) is 2. The van der Waals surface area contributed by atoms with Gasteiger partial charge in [-0.15, -0.1) is 11.3 Å². The van der Waals surface area contributed by atoms with Gasteiger partial charge in [-0.05, 0) is 37.3 Å². The predicted octanol–water partition coefficient (Wildman–Crippen LogP) is 3.58. The molecule has 0 fully saturated rings. The number of nitro benzene ring substituents is 1. The van der Waals surface area contributed by atoms with Crippen molar-refractivity contribution >= 4 is 28.1 Å². The first-order valence-corrected chi connectivity index (χ1v) is 9.02. The van der Waals surface area contributed by atoms with Crippen LogP contribution in [0.2, 0.25) is 0 Å². The maximum atomic E-state index is 12.0. The zero-order valence-electron chi connectivity index (χ0n) is 13.9. The van der Waals surface area contributed by atoms with E-state index in [1.807, 2.05) is 0 Å². The largest absolute Gasteiger partial charge is 0.484 e. The number of fused-ring (bicyclic) bond motifs is 1. The number of rotatable bonds is 6. The van der Waals surface area contributed by atoms with Crippen LogP contribution in [0.3, 0.4) is 0 Å². The molecule has 0 bridgehead atoms.